The Bertz CT molecular complexity index is 1130. The molecule has 3 aromatic carbocycles. The molecule has 0 bridgehead atoms. The number of Topliss-reactive ketones (excluding diaryl/α,β-unsaturated/α-hetero) is 1. The Kier molecular flexibility index (Phi) is 10.9. The molecule has 37 heavy (non-hydrogen) atoms. The van der Waals surface area contributed by atoms with Gasteiger partial charge in [0.25, 0.3) is 0 Å². The average molecular weight is 504 g/mol. The van der Waals surface area contributed by atoms with Gasteiger partial charge in [-0.25, -0.2) is 0 Å². The van der Waals surface area contributed by atoms with Gasteiger partial charge in [-0.3, -0.25) is 19.7 Å². The van der Waals surface area contributed by atoms with E-state index < -0.39 is 24.0 Å². The Labute approximate surface area is 217 Å². The van der Waals surface area contributed by atoms with Gasteiger partial charge in [0.1, 0.15) is 24.4 Å². The fraction of sp³-hybridized carbons (Fsp3) is 0.300. The molecule has 0 aliphatic rings. The average Bonchev–Trinajstić information content (AvgIpc) is 2.93. The molecule has 7 heteroatoms. The summed E-state index contributed by atoms with van der Waals surface area (Å²) in [6, 6.07) is 23.5. The van der Waals surface area contributed by atoms with Gasteiger partial charge < -0.3 is 14.2 Å². The SMILES string of the molecule is CCOC(=O)[C@H](CC(=O)c1ccccc1)N[C@@H](Cc1ccc(OCC)cc1)C(=O)OCc1ccccc1. The second-order valence-corrected chi connectivity index (χ2v) is 8.39. The maximum atomic E-state index is 13.2. The monoisotopic (exact) mass is 503 g/mol. The fourth-order valence-electron chi connectivity index (χ4n) is 3.79. The van der Waals surface area contributed by atoms with Crippen molar-refractivity contribution in [3.05, 3.63) is 102 Å². The van der Waals surface area contributed by atoms with E-state index >= 15 is 0 Å². The predicted molar refractivity (Wildman–Crippen MR) is 140 cm³/mol. The maximum absolute atomic E-state index is 13.2. The molecule has 0 unspecified atom stereocenters. The zero-order valence-corrected chi connectivity index (χ0v) is 21.2. The van der Waals surface area contributed by atoms with E-state index in [1.54, 1.807) is 31.2 Å². The predicted octanol–water partition coefficient (Wildman–Crippen LogP) is 4.53. The van der Waals surface area contributed by atoms with E-state index in [0.717, 1.165) is 16.9 Å². The Morgan fingerprint density at radius 3 is 1.95 bits per heavy atom. The molecule has 3 rings (SSSR count). The summed E-state index contributed by atoms with van der Waals surface area (Å²) in [5, 5.41) is 3.06. The summed E-state index contributed by atoms with van der Waals surface area (Å²) in [6.07, 6.45) is 0.0874. The van der Waals surface area contributed by atoms with E-state index in [9.17, 15) is 14.4 Å². The highest BCUT2D eigenvalue weighted by Crippen LogP contribution is 2.16. The summed E-state index contributed by atoms with van der Waals surface area (Å²) < 4.78 is 16.3. The van der Waals surface area contributed by atoms with E-state index in [1.165, 1.54) is 0 Å². The van der Waals surface area contributed by atoms with Gasteiger partial charge in [-0.05, 0) is 43.5 Å². The lowest BCUT2D eigenvalue weighted by molar-refractivity contribution is -0.150. The zero-order chi connectivity index (χ0) is 26.5. The number of ketones is 1. The van der Waals surface area contributed by atoms with Crippen molar-refractivity contribution < 1.29 is 28.6 Å². The fourth-order valence-corrected chi connectivity index (χ4v) is 3.79. The van der Waals surface area contributed by atoms with Crippen molar-refractivity contribution in [2.45, 2.75) is 45.4 Å². The number of carbonyl (C=O) groups excluding carboxylic acids is 3. The van der Waals surface area contributed by atoms with E-state index in [1.807, 2.05) is 67.6 Å². The number of benzene rings is 3. The quantitative estimate of drug-likeness (QED) is 0.255. The molecular weight excluding hydrogens is 470 g/mol. The molecule has 0 saturated carbocycles. The molecule has 0 saturated heterocycles. The van der Waals surface area contributed by atoms with E-state index in [2.05, 4.69) is 5.32 Å². The minimum atomic E-state index is -1.02. The molecule has 0 fully saturated rings. The third kappa shape index (κ3) is 8.88. The number of carbonyl (C=O) groups is 3. The molecule has 0 aliphatic carbocycles. The minimum Gasteiger partial charge on any atom is -0.494 e. The van der Waals surface area contributed by atoms with Crippen LogP contribution in [0.4, 0.5) is 0 Å². The maximum Gasteiger partial charge on any atom is 0.323 e. The minimum absolute atomic E-state index is 0.0914. The van der Waals surface area contributed by atoms with Gasteiger partial charge in [0.15, 0.2) is 5.78 Å². The largest absolute Gasteiger partial charge is 0.494 e. The van der Waals surface area contributed by atoms with Crippen molar-refractivity contribution >= 4 is 17.7 Å². The molecule has 194 valence electrons. The van der Waals surface area contributed by atoms with Crippen LogP contribution in [0.1, 0.15) is 41.8 Å². The van der Waals surface area contributed by atoms with Crippen LogP contribution in [-0.2, 0) is 32.1 Å². The topological polar surface area (TPSA) is 90.9 Å². The molecule has 0 aromatic heterocycles. The van der Waals surface area contributed by atoms with Crippen LogP contribution >= 0.6 is 0 Å². The Hall–Kier alpha value is -3.97. The lowest BCUT2D eigenvalue weighted by Crippen LogP contribution is -2.50. The number of hydrogen-bond acceptors (Lipinski definition) is 7. The highest BCUT2D eigenvalue weighted by atomic mass is 16.5. The third-order valence-electron chi connectivity index (χ3n) is 5.64. The molecule has 3 aromatic rings. The van der Waals surface area contributed by atoms with Gasteiger partial charge in [0, 0.05) is 12.0 Å². The van der Waals surface area contributed by atoms with Gasteiger partial charge in [-0.1, -0.05) is 72.8 Å². The van der Waals surface area contributed by atoms with Crippen LogP contribution in [0.2, 0.25) is 0 Å². The number of rotatable bonds is 14. The zero-order valence-electron chi connectivity index (χ0n) is 21.2. The Balaban J connectivity index is 1.80. The smallest absolute Gasteiger partial charge is 0.323 e. The first kappa shape index (κ1) is 27.6. The van der Waals surface area contributed by atoms with Gasteiger partial charge in [-0.15, -0.1) is 0 Å². The van der Waals surface area contributed by atoms with Crippen LogP contribution in [0.15, 0.2) is 84.9 Å². The highest BCUT2D eigenvalue weighted by Gasteiger charge is 2.30. The summed E-state index contributed by atoms with van der Waals surface area (Å²) in [5.74, 6) is -0.637. The first-order chi connectivity index (χ1) is 18.0. The van der Waals surface area contributed by atoms with Crippen LogP contribution < -0.4 is 10.1 Å². The van der Waals surface area contributed by atoms with Crippen molar-refractivity contribution in [3.63, 3.8) is 0 Å². The molecule has 1 N–H and O–H groups in total. The summed E-state index contributed by atoms with van der Waals surface area (Å²) >= 11 is 0. The van der Waals surface area contributed by atoms with Crippen LogP contribution in [0.3, 0.4) is 0 Å². The number of hydrogen-bond donors (Lipinski definition) is 1. The van der Waals surface area contributed by atoms with Crippen molar-refractivity contribution in [2.75, 3.05) is 13.2 Å². The first-order valence-corrected chi connectivity index (χ1v) is 12.4. The van der Waals surface area contributed by atoms with Crippen LogP contribution in [-0.4, -0.2) is 43.0 Å². The summed E-state index contributed by atoms with van der Waals surface area (Å²) in [4.78, 5) is 38.9. The summed E-state index contributed by atoms with van der Waals surface area (Å²) in [6.45, 7) is 4.39. The molecular formula is C30H33NO6. The van der Waals surface area contributed by atoms with E-state index in [0.29, 0.717) is 12.2 Å². The van der Waals surface area contributed by atoms with Crippen molar-refractivity contribution in [1.29, 1.82) is 0 Å². The standard InChI is InChI=1S/C30H33NO6/c1-3-35-25-17-15-22(16-18-25)19-26(30(34)37-21-23-11-7-5-8-12-23)31-27(29(33)36-4-2)20-28(32)24-13-9-6-10-14-24/h5-18,26-27,31H,3-4,19-21H2,1-2H3/t26-,27-/m0/s1. The van der Waals surface area contributed by atoms with Gasteiger partial charge in [0.05, 0.1) is 13.2 Å². The van der Waals surface area contributed by atoms with E-state index in [4.69, 9.17) is 14.2 Å². The first-order valence-electron chi connectivity index (χ1n) is 12.4. The number of nitrogens with one attached hydrogen (secondary N) is 1. The lowest BCUT2D eigenvalue weighted by Gasteiger charge is -2.23. The molecule has 0 aliphatic heterocycles. The summed E-state index contributed by atoms with van der Waals surface area (Å²) in [7, 11) is 0. The molecule has 2 atom stereocenters. The number of esters is 2. The van der Waals surface area contributed by atoms with Crippen LogP contribution in [0.5, 0.6) is 5.75 Å². The second-order valence-electron chi connectivity index (χ2n) is 8.39. The molecule has 0 spiro atoms. The molecule has 0 heterocycles. The van der Waals surface area contributed by atoms with E-state index in [-0.39, 0.29) is 31.8 Å². The van der Waals surface area contributed by atoms with Crippen LogP contribution in [0.25, 0.3) is 0 Å². The second kappa shape index (κ2) is 14.6. The number of ether oxygens (including phenoxy) is 3. The third-order valence-corrected chi connectivity index (χ3v) is 5.64. The van der Waals surface area contributed by atoms with Crippen molar-refractivity contribution in [3.8, 4) is 5.75 Å². The summed E-state index contributed by atoms with van der Waals surface area (Å²) in [5.41, 5.74) is 2.17. The molecule has 0 radical (unpaired) electrons. The molecule has 0 amide bonds. The lowest BCUT2D eigenvalue weighted by atomic mass is 10.0. The van der Waals surface area contributed by atoms with Crippen molar-refractivity contribution in [1.82, 2.24) is 5.32 Å². The van der Waals surface area contributed by atoms with Gasteiger partial charge in [-0.2, -0.15) is 0 Å². The Morgan fingerprint density at radius 2 is 1.32 bits per heavy atom. The van der Waals surface area contributed by atoms with Gasteiger partial charge in [0.2, 0.25) is 0 Å². The van der Waals surface area contributed by atoms with Crippen molar-refractivity contribution in [2.24, 2.45) is 0 Å². The van der Waals surface area contributed by atoms with Gasteiger partial charge >= 0.3 is 11.9 Å². The molecule has 7 nitrogen and oxygen atoms in total. The Morgan fingerprint density at radius 1 is 0.703 bits per heavy atom. The highest BCUT2D eigenvalue weighted by molar-refractivity contribution is 5.99. The normalized spacial score (nSPS) is 12.3. The van der Waals surface area contributed by atoms with Crippen LogP contribution in [0, 0.1) is 0 Å².